The third kappa shape index (κ3) is 3.08. The molecule has 2 amide bonds. The van der Waals surface area contributed by atoms with E-state index < -0.39 is 23.7 Å². The number of hydrogen-bond donors (Lipinski definition) is 1. The summed E-state index contributed by atoms with van der Waals surface area (Å²) in [5.74, 6) is -1.76. The zero-order valence-corrected chi connectivity index (χ0v) is 11.6. The maximum absolute atomic E-state index is 11.9. The molecule has 1 saturated heterocycles. The Morgan fingerprint density at radius 1 is 1.30 bits per heavy atom. The zero-order valence-electron chi connectivity index (χ0n) is 10.8. The van der Waals surface area contributed by atoms with Gasteiger partial charge in [-0.05, 0) is 35.4 Å². The zero-order chi connectivity index (χ0) is 14.7. The molecule has 20 heavy (non-hydrogen) atoms. The van der Waals surface area contributed by atoms with Gasteiger partial charge in [-0.15, -0.1) is 0 Å². The predicted molar refractivity (Wildman–Crippen MR) is 76.1 cm³/mol. The Bertz CT molecular complexity index is 592. The van der Waals surface area contributed by atoms with Crippen LogP contribution < -0.4 is 0 Å². The number of benzene rings is 1. The minimum atomic E-state index is -1.21. The SMILES string of the molecule is CCc1ccc(/C=C2/SC(=O)N(CC(=O)O)C2=O)cc1. The molecule has 0 spiro atoms. The smallest absolute Gasteiger partial charge is 0.323 e. The van der Waals surface area contributed by atoms with Crippen LogP contribution in [0.2, 0.25) is 0 Å². The minimum absolute atomic E-state index is 0.250. The molecule has 0 radical (unpaired) electrons. The van der Waals surface area contributed by atoms with Gasteiger partial charge in [-0.25, -0.2) is 0 Å². The molecule has 1 aromatic carbocycles. The molecule has 0 bridgehead atoms. The number of carbonyl (C=O) groups excluding carboxylic acids is 2. The molecule has 1 aliphatic heterocycles. The van der Waals surface area contributed by atoms with E-state index in [9.17, 15) is 14.4 Å². The van der Waals surface area contributed by atoms with Gasteiger partial charge in [-0.3, -0.25) is 19.3 Å². The summed E-state index contributed by atoms with van der Waals surface area (Å²) in [7, 11) is 0. The van der Waals surface area contributed by atoms with Gasteiger partial charge in [0.25, 0.3) is 11.1 Å². The van der Waals surface area contributed by atoms with E-state index in [2.05, 4.69) is 0 Å². The van der Waals surface area contributed by atoms with Crippen LogP contribution in [-0.2, 0) is 16.0 Å². The number of imide groups is 1. The van der Waals surface area contributed by atoms with E-state index in [1.54, 1.807) is 6.08 Å². The molecule has 0 unspecified atom stereocenters. The monoisotopic (exact) mass is 291 g/mol. The number of hydrogen-bond acceptors (Lipinski definition) is 4. The summed E-state index contributed by atoms with van der Waals surface area (Å²) in [6.45, 7) is 1.45. The Labute approximate surface area is 120 Å². The Hall–Kier alpha value is -2.08. The summed E-state index contributed by atoms with van der Waals surface area (Å²) in [4.78, 5) is 35.1. The summed E-state index contributed by atoms with van der Waals surface area (Å²) >= 11 is 0.764. The van der Waals surface area contributed by atoms with Crippen LogP contribution in [0.15, 0.2) is 29.2 Å². The van der Waals surface area contributed by atoms with Gasteiger partial charge in [0.1, 0.15) is 6.54 Å². The van der Waals surface area contributed by atoms with Crippen molar-refractivity contribution >= 4 is 35.0 Å². The Morgan fingerprint density at radius 2 is 1.95 bits per heavy atom. The van der Waals surface area contributed by atoms with E-state index in [4.69, 9.17) is 5.11 Å². The number of carboxylic acid groups (broad SMARTS) is 1. The highest BCUT2D eigenvalue weighted by atomic mass is 32.2. The Kier molecular flexibility index (Phi) is 4.24. The number of carboxylic acids is 1. The van der Waals surface area contributed by atoms with Crippen LogP contribution in [-0.4, -0.2) is 33.7 Å². The number of aliphatic carboxylic acids is 1. The third-order valence-corrected chi connectivity index (χ3v) is 3.76. The van der Waals surface area contributed by atoms with Crippen LogP contribution in [0.5, 0.6) is 0 Å². The van der Waals surface area contributed by atoms with Crippen molar-refractivity contribution in [1.29, 1.82) is 0 Å². The van der Waals surface area contributed by atoms with Crippen molar-refractivity contribution < 1.29 is 19.5 Å². The second-order valence-corrected chi connectivity index (χ2v) is 5.25. The normalized spacial score (nSPS) is 17.1. The van der Waals surface area contributed by atoms with Crippen molar-refractivity contribution in [3.8, 4) is 0 Å². The largest absolute Gasteiger partial charge is 0.480 e. The lowest BCUT2D eigenvalue weighted by Crippen LogP contribution is -2.33. The lowest BCUT2D eigenvalue weighted by molar-refractivity contribution is -0.140. The molecule has 104 valence electrons. The summed E-state index contributed by atoms with van der Waals surface area (Å²) in [5.41, 5.74) is 1.99. The average molecular weight is 291 g/mol. The molecule has 0 atom stereocenters. The molecule has 5 nitrogen and oxygen atoms in total. The van der Waals surface area contributed by atoms with Crippen molar-refractivity contribution in [2.75, 3.05) is 6.54 Å². The molecule has 0 aliphatic carbocycles. The first-order chi connectivity index (χ1) is 9.51. The van der Waals surface area contributed by atoms with Crippen molar-refractivity contribution in [3.63, 3.8) is 0 Å². The fraction of sp³-hybridized carbons (Fsp3) is 0.214. The van der Waals surface area contributed by atoms with Crippen LogP contribution in [0.3, 0.4) is 0 Å². The standard InChI is InChI=1S/C14H13NO4S/c1-2-9-3-5-10(6-4-9)7-11-13(18)15(8-12(16)17)14(19)20-11/h3-7H,2,8H2,1H3,(H,16,17)/b11-7+. The number of thioether (sulfide) groups is 1. The highest BCUT2D eigenvalue weighted by Gasteiger charge is 2.36. The van der Waals surface area contributed by atoms with E-state index in [1.807, 2.05) is 31.2 Å². The van der Waals surface area contributed by atoms with E-state index in [0.29, 0.717) is 0 Å². The number of aryl methyl sites for hydroxylation is 1. The fourth-order valence-corrected chi connectivity index (χ4v) is 2.61. The molecule has 1 N–H and O–H groups in total. The van der Waals surface area contributed by atoms with E-state index in [1.165, 1.54) is 5.56 Å². The number of rotatable bonds is 4. The molecule has 1 aliphatic rings. The summed E-state index contributed by atoms with van der Waals surface area (Å²) in [5, 5.41) is 8.12. The fourth-order valence-electron chi connectivity index (χ4n) is 1.77. The molecule has 6 heteroatoms. The average Bonchev–Trinajstić information content (AvgIpc) is 2.67. The first-order valence-corrected chi connectivity index (χ1v) is 6.89. The molecule has 0 saturated carbocycles. The highest BCUT2D eigenvalue weighted by Crippen LogP contribution is 2.31. The molecule has 2 rings (SSSR count). The van der Waals surface area contributed by atoms with E-state index >= 15 is 0 Å². The summed E-state index contributed by atoms with van der Waals surface area (Å²) < 4.78 is 0. The van der Waals surface area contributed by atoms with E-state index in [-0.39, 0.29) is 4.91 Å². The van der Waals surface area contributed by atoms with Crippen molar-refractivity contribution in [2.45, 2.75) is 13.3 Å². The van der Waals surface area contributed by atoms with Gasteiger partial charge in [-0.2, -0.15) is 0 Å². The third-order valence-electron chi connectivity index (χ3n) is 2.85. The first-order valence-electron chi connectivity index (χ1n) is 6.07. The Morgan fingerprint density at radius 3 is 2.50 bits per heavy atom. The Balaban J connectivity index is 2.20. The van der Waals surface area contributed by atoms with Gasteiger partial charge in [0.2, 0.25) is 0 Å². The highest BCUT2D eigenvalue weighted by molar-refractivity contribution is 8.18. The molecule has 1 fully saturated rings. The number of nitrogens with zero attached hydrogens (tertiary/aromatic N) is 1. The topological polar surface area (TPSA) is 74.7 Å². The van der Waals surface area contributed by atoms with Gasteiger partial charge in [0.05, 0.1) is 4.91 Å². The van der Waals surface area contributed by atoms with Crippen LogP contribution in [0.25, 0.3) is 6.08 Å². The van der Waals surface area contributed by atoms with Gasteiger partial charge in [-0.1, -0.05) is 31.2 Å². The maximum Gasteiger partial charge on any atom is 0.323 e. The minimum Gasteiger partial charge on any atom is -0.480 e. The molecular weight excluding hydrogens is 278 g/mol. The lowest BCUT2D eigenvalue weighted by Gasteiger charge is -2.07. The molecular formula is C14H13NO4S. The molecule has 1 heterocycles. The molecule has 0 aromatic heterocycles. The first kappa shape index (κ1) is 14.3. The van der Waals surface area contributed by atoms with Gasteiger partial charge >= 0.3 is 5.97 Å². The van der Waals surface area contributed by atoms with E-state index in [0.717, 1.165) is 28.6 Å². The van der Waals surface area contributed by atoms with Gasteiger partial charge in [0.15, 0.2) is 0 Å². The van der Waals surface area contributed by atoms with Crippen LogP contribution in [0.1, 0.15) is 18.1 Å². The predicted octanol–water partition coefficient (Wildman–Crippen LogP) is 2.37. The summed E-state index contributed by atoms with van der Waals surface area (Å²) in [6.07, 6.45) is 2.53. The van der Waals surface area contributed by atoms with Crippen molar-refractivity contribution in [2.24, 2.45) is 0 Å². The maximum atomic E-state index is 11.9. The molecule has 1 aromatic rings. The second-order valence-electron chi connectivity index (χ2n) is 4.26. The number of carbonyl (C=O) groups is 3. The quantitative estimate of drug-likeness (QED) is 0.862. The van der Waals surface area contributed by atoms with Crippen molar-refractivity contribution in [1.82, 2.24) is 4.90 Å². The number of amides is 2. The summed E-state index contributed by atoms with van der Waals surface area (Å²) in [6, 6.07) is 7.63. The van der Waals surface area contributed by atoms with Crippen molar-refractivity contribution in [3.05, 3.63) is 40.3 Å². The van der Waals surface area contributed by atoms with Gasteiger partial charge < -0.3 is 5.11 Å². The van der Waals surface area contributed by atoms with Gasteiger partial charge in [0, 0.05) is 0 Å². The van der Waals surface area contributed by atoms with Crippen LogP contribution in [0.4, 0.5) is 4.79 Å². The lowest BCUT2D eigenvalue weighted by atomic mass is 10.1. The second kappa shape index (κ2) is 5.92. The van der Waals surface area contributed by atoms with Crippen LogP contribution >= 0.6 is 11.8 Å². The van der Waals surface area contributed by atoms with Crippen LogP contribution in [0, 0.1) is 0 Å².